The highest BCUT2D eigenvalue weighted by atomic mass is 127. The van der Waals surface area contributed by atoms with Gasteiger partial charge in [0, 0.05) is 30.6 Å². The zero-order chi connectivity index (χ0) is 17.9. The molecule has 0 aliphatic heterocycles. The Labute approximate surface area is 177 Å². The number of rotatable bonds is 9. The summed E-state index contributed by atoms with van der Waals surface area (Å²) in [6.07, 6.45) is 3.84. The molecule has 0 unspecified atom stereocenters. The van der Waals surface area contributed by atoms with Crippen molar-refractivity contribution in [1.82, 2.24) is 15.6 Å². The van der Waals surface area contributed by atoms with E-state index >= 15 is 0 Å². The summed E-state index contributed by atoms with van der Waals surface area (Å²) in [6, 6.07) is 8.13. The first-order chi connectivity index (χ1) is 12.2. The predicted molar refractivity (Wildman–Crippen MR) is 121 cm³/mol. The van der Waals surface area contributed by atoms with Crippen molar-refractivity contribution in [3.8, 4) is 5.75 Å². The van der Waals surface area contributed by atoms with Crippen LogP contribution in [0.15, 0.2) is 35.5 Å². The zero-order valence-corrected chi connectivity index (χ0v) is 18.9. The highest BCUT2D eigenvalue weighted by Gasteiger charge is 2.02. The van der Waals surface area contributed by atoms with Gasteiger partial charge in [0.15, 0.2) is 5.96 Å². The molecule has 144 valence electrons. The number of thiazole rings is 1. The first-order valence-corrected chi connectivity index (χ1v) is 9.68. The molecule has 0 bridgehead atoms. The second kappa shape index (κ2) is 12.9. The molecule has 0 saturated heterocycles. The molecule has 0 atom stereocenters. The number of ether oxygens (including phenoxy) is 1. The Morgan fingerprint density at radius 2 is 2.12 bits per heavy atom. The van der Waals surface area contributed by atoms with Gasteiger partial charge in [-0.2, -0.15) is 0 Å². The number of aliphatic imine (C=N–C) groups is 1. The number of nitrogens with zero attached hydrogens (tertiary/aromatic N) is 2. The summed E-state index contributed by atoms with van der Waals surface area (Å²) in [5, 5.41) is 7.81. The van der Waals surface area contributed by atoms with E-state index in [1.165, 1.54) is 4.88 Å². The third kappa shape index (κ3) is 8.35. The molecule has 0 aliphatic carbocycles. The molecule has 2 N–H and O–H groups in total. The van der Waals surface area contributed by atoms with Crippen LogP contribution in [-0.4, -0.2) is 30.6 Å². The summed E-state index contributed by atoms with van der Waals surface area (Å²) < 4.78 is 5.68. The number of guanidine groups is 1. The molecule has 0 radical (unpaired) electrons. The van der Waals surface area contributed by atoms with Crippen molar-refractivity contribution in [3.05, 3.63) is 45.9 Å². The molecule has 0 aliphatic rings. The molecule has 0 amide bonds. The van der Waals surface area contributed by atoms with Gasteiger partial charge >= 0.3 is 0 Å². The smallest absolute Gasteiger partial charge is 0.191 e. The highest BCUT2D eigenvalue weighted by Crippen LogP contribution is 2.14. The van der Waals surface area contributed by atoms with Crippen molar-refractivity contribution < 1.29 is 4.74 Å². The lowest BCUT2D eigenvalue weighted by molar-refractivity contribution is 0.317. The van der Waals surface area contributed by atoms with Gasteiger partial charge in [-0.1, -0.05) is 19.1 Å². The maximum Gasteiger partial charge on any atom is 0.191 e. The maximum absolute atomic E-state index is 5.68. The van der Waals surface area contributed by atoms with E-state index in [1.54, 1.807) is 11.3 Å². The van der Waals surface area contributed by atoms with Crippen LogP contribution in [0.3, 0.4) is 0 Å². The van der Waals surface area contributed by atoms with Gasteiger partial charge in [0.25, 0.3) is 0 Å². The summed E-state index contributed by atoms with van der Waals surface area (Å²) in [5.74, 6) is 1.74. The molecule has 5 nitrogen and oxygen atoms in total. The van der Waals surface area contributed by atoms with Gasteiger partial charge in [0.05, 0.1) is 18.2 Å². The van der Waals surface area contributed by atoms with Crippen molar-refractivity contribution in [2.24, 2.45) is 4.99 Å². The SMILES string of the molecule is CCCOc1cccc(CN=C(NCC)NCCc2ncc(C)s2)c1.I. The lowest BCUT2D eigenvalue weighted by Crippen LogP contribution is -2.38. The third-order valence-electron chi connectivity index (χ3n) is 3.44. The molecule has 2 aromatic rings. The van der Waals surface area contributed by atoms with Crippen LogP contribution in [0, 0.1) is 6.92 Å². The average Bonchev–Trinajstić information content (AvgIpc) is 3.03. The standard InChI is InChI=1S/C19H28N4OS.HI/c1-4-11-24-17-8-6-7-16(12-17)14-23-19(20-5-2)21-10-9-18-22-13-15(3)25-18;/h6-8,12-13H,4-5,9-11,14H2,1-3H3,(H2,20,21,23);1H. The number of aromatic nitrogens is 1. The molecule has 1 heterocycles. The molecule has 1 aromatic heterocycles. The normalized spacial score (nSPS) is 11.0. The number of aryl methyl sites for hydroxylation is 1. The van der Waals surface area contributed by atoms with Gasteiger partial charge in [0.1, 0.15) is 5.75 Å². The van der Waals surface area contributed by atoms with Gasteiger partial charge < -0.3 is 15.4 Å². The molecule has 26 heavy (non-hydrogen) atoms. The van der Waals surface area contributed by atoms with Gasteiger partial charge in [-0.3, -0.25) is 0 Å². The summed E-state index contributed by atoms with van der Waals surface area (Å²) in [4.78, 5) is 10.3. The second-order valence-electron chi connectivity index (χ2n) is 5.73. The van der Waals surface area contributed by atoms with E-state index in [-0.39, 0.29) is 24.0 Å². The Bertz CT molecular complexity index is 675. The average molecular weight is 488 g/mol. The van der Waals surface area contributed by atoms with E-state index < -0.39 is 0 Å². The van der Waals surface area contributed by atoms with Crippen LogP contribution < -0.4 is 15.4 Å². The van der Waals surface area contributed by atoms with Crippen LogP contribution in [0.25, 0.3) is 0 Å². The van der Waals surface area contributed by atoms with E-state index in [2.05, 4.69) is 53.5 Å². The van der Waals surface area contributed by atoms with Crippen LogP contribution in [-0.2, 0) is 13.0 Å². The molecule has 0 saturated carbocycles. The molecule has 2 rings (SSSR count). The zero-order valence-electron chi connectivity index (χ0n) is 15.7. The minimum atomic E-state index is 0. The van der Waals surface area contributed by atoms with E-state index in [0.29, 0.717) is 6.54 Å². The number of nitrogens with one attached hydrogen (secondary N) is 2. The summed E-state index contributed by atoms with van der Waals surface area (Å²) in [7, 11) is 0. The molecule has 1 aromatic carbocycles. The fourth-order valence-corrected chi connectivity index (χ4v) is 3.06. The van der Waals surface area contributed by atoms with Gasteiger partial charge in [-0.15, -0.1) is 35.3 Å². The van der Waals surface area contributed by atoms with Crippen molar-refractivity contribution in [2.45, 2.75) is 40.2 Å². The minimum absolute atomic E-state index is 0. The van der Waals surface area contributed by atoms with Gasteiger partial charge in [0.2, 0.25) is 0 Å². The lowest BCUT2D eigenvalue weighted by atomic mass is 10.2. The molecule has 0 fully saturated rings. The Kier molecular flexibility index (Phi) is 11.3. The largest absolute Gasteiger partial charge is 0.494 e. The van der Waals surface area contributed by atoms with Crippen LogP contribution >= 0.6 is 35.3 Å². The second-order valence-corrected chi connectivity index (χ2v) is 7.05. The molecule has 7 heteroatoms. The monoisotopic (exact) mass is 488 g/mol. The Morgan fingerprint density at radius 1 is 1.27 bits per heavy atom. The van der Waals surface area contributed by atoms with Crippen LogP contribution in [0.5, 0.6) is 5.75 Å². The quantitative estimate of drug-likeness (QED) is 0.316. The molecule has 0 spiro atoms. The van der Waals surface area contributed by atoms with Crippen LogP contribution in [0.4, 0.5) is 0 Å². The fraction of sp³-hybridized carbons (Fsp3) is 0.474. The van der Waals surface area contributed by atoms with Gasteiger partial charge in [-0.05, 0) is 38.0 Å². The Balaban J connectivity index is 0.00000338. The fourth-order valence-electron chi connectivity index (χ4n) is 2.27. The maximum atomic E-state index is 5.68. The van der Waals surface area contributed by atoms with E-state index in [4.69, 9.17) is 4.74 Å². The van der Waals surface area contributed by atoms with Crippen LogP contribution in [0.1, 0.15) is 35.7 Å². The first-order valence-electron chi connectivity index (χ1n) is 8.86. The topological polar surface area (TPSA) is 58.5 Å². The van der Waals surface area contributed by atoms with Crippen molar-refractivity contribution >= 4 is 41.3 Å². The van der Waals surface area contributed by atoms with Crippen LogP contribution in [0.2, 0.25) is 0 Å². The summed E-state index contributed by atoms with van der Waals surface area (Å²) in [5.41, 5.74) is 1.14. The first kappa shape index (κ1) is 22.7. The number of benzene rings is 1. The van der Waals surface area contributed by atoms with Gasteiger partial charge in [-0.25, -0.2) is 9.98 Å². The van der Waals surface area contributed by atoms with Crippen molar-refractivity contribution in [3.63, 3.8) is 0 Å². The number of hydrogen-bond acceptors (Lipinski definition) is 4. The lowest BCUT2D eigenvalue weighted by Gasteiger charge is -2.11. The van der Waals surface area contributed by atoms with E-state index in [9.17, 15) is 0 Å². The third-order valence-corrected chi connectivity index (χ3v) is 4.41. The number of hydrogen-bond donors (Lipinski definition) is 2. The Morgan fingerprint density at radius 3 is 2.81 bits per heavy atom. The van der Waals surface area contributed by atoms with Crippen molar-refractivity contribution in [2.75, 3.05) is 19.7 Å². The highest BCUT2D eigenvalue weighted by molar-refractivity contribution is 14.0. The van der Waals surface area contributed by atoms with Crippen molar-refractivity contribution in [1.29, 1.82) is 0 Å². The summed E-state index contributed by atoms with van der Waals surface area (Å²) in [6.45, 7) is 9.27. The molecular formula is C19H29IN4OS. The van der Waals surface area contributed by atoms with E-state index in [1.807, 2.05) is 18.3 Å². The van der Waals surface area contributed by atoms with E-state index in [0.717, 1.165) is 54.8 Å². The minimum Gasteiger partial charge on any atom is -0.494 e. The molecular weight excluding hydrogens is 459 g/mol. The number of halogens is 1. The Hall–Kier alpha value is -1.35. The summed E-state index contributed by atoms with van der Waals surface area (Å²) >= 11 is 1.75. The predicted octanol–water partition coefficient (Wildman–Crippen LogP) is 4.16.